The molecular formula is C16H12ClFN2O. The van der Waals surface area contributed by atoms with E-state index in [1.165, 1.54) is 12.1 Å². The first kappa shape index (κ1) is 13.6. The number of fused-ring (bicyclic) bond motifs is 1. The van der Waals surface area contributed by atoms with Crippen LogP contribution >= 0.6 is 11.6 Å². The highest BCUT2D eigenvalue weighted by atomic mass is 35.5. The molecule has 0 unspecified atom stereocenters. The van der Waals surface area contributed by atoms with E-state index in [-0.39, 0.29) is 5.75 Å². The van der Waals surface area contributed by atoms with Crippen molar-refractivity contribution in [2.45, 2.75) is 6.54 Å². The highest BCUT2D eigenvalue weighted by molar-refractivity contribution is 6.31. The van der Waals surface area contributed by atoms with E-state index in [4.69, 9.17) is 11.6 Å². The molecule has 0 fully saturated rings. The predicted molar refractivity (Wildman–Crippen MR) is 82.1 cm³/mol. The van der Waals surface area contributed by atoms with Crippen LogP contribution in [0, 0.1) is 5.82 Å². The van der Waals surface area contributed by atoms with E-state index in [1.54, 1.807) is 18.3 Å². The fraction of sp³-hybridized carbons (Fsp3) is 0.0625. The molecule has 2 N–H and O–H groups in total. The van der Waals surface area contributed by atoms with Crippen LogP contribution in [-0.2, 0) is 6.54 Å². The van der Waals surface area contributed by atoms with Crippen LogP contribution in [0.1, 0.15) is 5.56 Å². The maximum atomic E-state index is 13.3. The zero-order valence-electron chi connectivity index (χ0n) is 11.0. The number of anilines is 1. The van der Waals surface area contributed by atoms with E-state index in [0.717, 1.165) is 16.6 Å². The quantitative estimate of drug-likeness (QED) is 0.756. The lowest BCUT2D eigenvalue weighted by Gasteiger charge is -2.10. The first-order valence-electron chi connectivity index (χ1n) is 6.39. The van der Waals surface area contributed by atoms with E-state index in [0.29, 0.717) is 17.1 Å². The van der Waals surface area contributed by atoms with Crippen LogP contribution in [0.5, 0.6) is 5.75 Å². The lowest BCUT2D eigenvalue weighted by Crippen LogP contribution is -2.01. The molecule has 3 aromatic rings. The van der Waals surface area contributed by atoms with E-state index in [1.807, 2.05) is 18.2 Å². The fourth-order valence-electron chi connectivity index (χ4n) is 2.15. The Bertz CT molecular complexity index is 807. The number of phenolic OH excluding ortho intramolecular Hbond substituents is 1. The first-order chi connectivity index (χ1) is 10.1. The molecule has 0 amide bonds. The molecular weight excluding hydrogens is 291 g/mol. The summed E-state index contributed by atoms with van der Waals surface area (Å²) in [6.07, 6.45) is 1.71. The number of nitrogens with one attached hydrogen (secondary N) is 1. The molecule has 0 aliphatic rings. The summed E-state index contributed by atoms with van der Waals surface area (Å²) in [6.45, 7) is 0.406. The maximum absolute atomic E-state index is 13.3. The number of aromatic hydroxyl groups is 1. The Labute approximate surface area is 126 Å². The second-order valence-corrected chi connectivity index (χ2v) is 5.10. The summed E-state index contributed by atoms with van der Waals surface area (Å²) < 4.78 is 13.3. The van der Waals surface area contributed by atoms with Crippen molar-refractivity contribution in [2.75, 3.05) is 5.32 Å². The number of hydrogen-bond acceptors (Lipinski definition) is 3. The monoisotopic (exact) mass is 302 g/mol. The van der Waals surface area contributed by atoms with Gasteiger partial charge in [-0.3, -0.25) is 4.98 Å². The van der Waals surface area contributed by atoms with Gasteiger partial charge in [0.1, 0.15) is 0 Å². The van der Waals surface area contributed by atoms with E-state index >= 15 is 0 Å². The minimum Gasteiger partial charge on any atom is -0.505 e. The largest absolute Gasteiger partial charge is 0.505 e. The lowest BCUT2D eigenvalue weighted by atomic mass is 10.1. The van der Waals surface area contributed by atoms with Gasteiger partial charge in [0.15, 0.2) is 11.6 Å². The van der Waals surface area contributed by atoms with Crippen molar-refractivity contribution in [3.8, 4) is 5.75 Å². The van der Waals surface area contributed by atoms with Gasteiger partial charge in [-0.15, -0.1) is 0 Å². The predicted octanol–water partition coefficient (Wildman–Crippen LogP) is 4.35. The van der Waals surface area contributed by atoms with E-state index in [2.05, 4.69) is 10.3 Å². The van der Waals surface area contributed by atoms with E-state index < -0.39 is 5.82 Å². The smallest absolute Gasteiger partial charge is 0.165 e. The Morgan fingerprint density at radius 1 is 1.19 bits per heavy atom. The summed E-state index contributed by atoms with van der Waals surface area (Å²) >= 11 is 6.09. The summed E-state index contributed by atoms with van der Waals surface area (Å²) in [5.41, 5.74) is 2.31. The van der Waals surface area contributed by atoms with Crippen LogP contribution < -0.4 is 5.32 Å². The summed E-state index contributed by atoms with van der Waals surface area (Å²) in [6, 6.07) is 11.7. The zero-order valence-corrected chi connectivity index (χ0v) is 11.7. The summed E-state index contributed by atoms with van der Waals surface area (Å²) in [7, 11) is 0. The number of phenols is 1. The second kappa shape index (κ2) is 5.58. The molecule has 0 saturated carbocycles. The van der Waals surface area contributed by atoms with Crippen LogP contribution in [0.4, 0.5) is 10.1 Å². The molecule has 0 aliphatic heterocycles. The molecule has 0 spiro atoms. The molecule has 106 valence electrons. The first-order valence-corrected chi connectivity index (χ1v) is 6.77. The Morgan fingerprint density at radius 2 is 2.05 bits per heavy atom. The van der Waals surface area contributed by atoms with Crippen LogP contribution in [0.3, 0.4) is 0 Å². The van der Waals surface area contributed by atoms with Crippen LogP contribution in [0.25, 0.3) is 10.9 Å². The van der Waals surface area contributed by atoms with Crippen LogP contribution in [0.2, 0.25) is 5.02 Å². The Balaban J connectivity index is 1.89. The number of rotatable bonds is 3. The third kappa shape index (κ3) is 2.90. The van der Waals surface area contributed by atoms with Gasteiger partial charge in [-0.25, -0.2) is 4.39 Å². The highest BCUT2D eigenvalue weighted by Gasteiger charge is 2.06. The molecule has 0 saturated heterocycles. The van der Waals surface area contributed by atoms with Crippen LogP contribution in [-0.4, -0.2) is 10.1 Å². The second-order valence-electron chi connectivity index (χ2n) is 4.67. The SMILES string of the molecule is Oc1ccc(CNc2cc(Cl)cc3cccnc23)cc1F. The third-order valence-electron chi connectivity index (χ3n) is 3.16. The normalized spacial score (nSPS) is 10.8. The summed E-state index contributed by atoms with van der Waals surface area (Å²) in [5.74, 6) is -0.989. The highest BCUT2D eigenvalue weighted by Crippen LogP contribution is 2.27. The summed E-state index contributed by atoms with van der Waals surface area (Å²) in [4.78, 5) is 4.33. The van der Waals surface area contributed by atoms with Crippen molar-refractivity contribution >= 4 is 28.2 Å². The average molecular weight is 303 g/mol. The number of nitrogens with zero attached hydrogens (tertiary/aromatic N) is 1. The number of aromatic nitrogens is 1. The Kier molecular flexibility index (Phi) is 3.62. The zero-order chi connectivity index (χ0) is 14.8. The molecule has 2 aromatic carbocycles. The molecule has 0 radical (unpaired) electrons. The van der Waals surface area contributed by atoms with Crippen molar-refractivity contribution in [1.82, 2.24) is 4.98 Å². The molecule has 0 aliphatic carbocycles. The minimum absolute atomic E-state index is 0.353. The van der Waals surface area contributed by atoms with Gasteiger partial charge in [-0.05, 0) is 35.9 Å². The van der Waals surface area contributed by atoms with Gasteiger partial charge in [0.25, 0.3) is 0 Å². The molecule has 0 bridgehead atoms. The van der Waals surface area contributed by atoms with Gasteiger partial charge in [0.2, 0.25) is 0 Å². The molecule has 0 atom stereocenters. The van der Waals surface area contributed by atoms with E-state index in [9.17, 15) is 9.50 Å². The third-order valence-corrected chi connectivity index (χ3v) is 3.38. The van der Waals surface area contributed by atoms with Gasteiger partial charge in [0.05, 0.1) is 11.2 Å². The number of benzene rings is 2. The van der Waals surface area contributed by atoms with Gasteiger partial charge in [0, 0.05) is 23.2 Å². The molecule has 1 aromatic heterocycles. The Morgan fingerprint density at radius 3 is 2.86 bits per heavy atom. The van der Waals surface area contributed by atoms with Gasteiger partial charge in [-0.1, -0.05) is 23.7 Å². The van der Waals surface area contributed by atoms with Gasteiger partial charge >= 0.3 is 0 Å². The summed E-state index contributed by atoms with van der Waals surface area (Å²) in [5, 5.41) is 13.9. The number of halogens is 2. The van der Waals surface area contributed by atoms with Crippen molar-refractivity contribution in [3.63, 3.8) is 0 Å². The van der Waals surface area contributed by atoms with Crippen molar-refractivity contribution in [2.24, 2.45) is 0 Å². The van der Waals surface area contributed by atoms with Gasteiger partial charge < -0.3 is 10.4 Å². The fourth-order valence-corrected chi connectivity index (χ4v) is 2.37. The van der Waals surface area contributed by atoms with Crippen molar-refractivity contribution < 1.29 is 9.50 Å². The van der Waals surface area contributed by atoms with Crippen LogP contribution in [0.15, 0.2) is 48.7 Å². The molecule has 3 rings (SSSR count). The Hall–Kier alpha value is -2.33. The van der Waals surface area contributed by atoms with Crippen molar-refractivity contribution in [3.05, 3.63) is 65.1 Å². The number of pyridine rings is 1. The maximum Gasteiger partial charge on any atom is 0.165 e. The standard InChI is InChI=1S/C16H12ClFN2O/c17-12-7-11-2-1-5-19-16(11)14(8-12)20-9-10-3-4-15(21)13(18)6-10/h1-8,20-21H,9H2. The molecule has 3 nitrogen and oxygen atoms in total. The molecule has 5 heteroatoms. The molecule has 1 heterocycles. The lowest BCUT2D eigenvalue weighted by molar-refractivity contribution is 0.432. The average Bonchev–Trinajstić information content (AvgIpc) is 2.48. The molecule has 21 heavy (non-hydrogen) atoms. The minimum atomic E-state index is -0.636. The van der Waals surface area contributed by atoms with Crippen molar-refractivity contribution in [1.29, 1.82) is 0 Å². The topological polar surface area (TPSA) is 45.1 Å². The van der Waals surface area contributed by atoms with Gasteiger partial charge in [-0.2, -0.15) is 0 Å². The number of hydrogen-bond donors (Lipinski definition) is 2.